The fourth-order valence-corrected chi connectivity index (χ4v) is 5.63. The van der Waals surface area contributed by atoms with E-state index in [1.807, 2.05) is 0 Å². The summed E-state index contributed by atoms with van der Waals surface area (Å²) in [6.07, 6.45) is -0.961. The molecule has 2 aliphatic heterocycles. The second-order valence-corrected chi connectivity index (χ2v) is 9.32. The molecule has 2 heterocycles. The van der Waals surface area contributed by atoms with Crippen LogP contribution in [0.4, 0.5) is 5.69 Å². The Bertz CT molecular complexity index is 1380. The number of ether oxygens (including phenoxy) is 1. The quantitative estimate of drug-likeness (QED) is 0.383. The van der Waals surface area contributed by atoms with Crippen LogP contribution < -0.4 is 4.90 Å². The van der Waals surface area contributed by atoms with Crippen LogP contribution in [0.15, 0.2) is 72.8 Å². The van der Waals surface area contributed by atoms with Gasteiger partial charge in [-0.2, -0.15) is 0 Å². The Hall–Kier alpha value is -3.32. The molecule has 8 heteroatoms. The highest BCUT2D eigenvalue weighted by atomic mass is 35.5. The molecule has 2 fully saturated rings. The highest BCUT2D eigenvalue weighted by molar-refractivity contribution is 6.42. The van der Waals surface area contributed by atoms with Gasteiger partial charge in [-0.1, -0.05) is 77.8 Å². The lowest BCUT2D eigenvalue weighted by Crippen LogP contribution is -2.51. The minimum absolute atomic E-state index is 0.169. The Labute approximate surface area is 204 Å². The van der Waals surface area contributed by atoms with Crippen LogP contribution in [-0.2, 0) is 14.3 Å². The van der Waals surface area contributed by atoms with Gasteiger partial charge in [-0.05, 0) is 23.8 Å². The summed E-state index contributed by atoms with van der Waals surface area (Å²) in [5, 5.41) is 0.436. The molecule has 34 heavy (non-hydrogen) atoms. The Morgan fingerprint density at radius 1 is 0.735 bits per heavy atom. The third-order valence-corrected chi connectivity index (χ3v) is 7.55. The molecule has 3 aromatic rings. The zero-order chi connectivity index (χ0) is 23.8. The predicted octanol–water partition coefficient (Wildman–Crippen LogP) is 4.69. The maximum atomic E-state index is 13.8. The van der Waals surface area contributed by atoms with Crippen LogP contribution in [0.25, 0.3) is 0 Å². The number of rotatable bonds is 2. The standard InChI is InChI=1S/C26H15Cl2NO5/c27-17-11-10-14(12-18(17)28)29-24(32)19-20(25(29)33)26(34-21(19)13-6-2-1-3-7-13)22(30)15-8-4-5-9-16(15)23(26)31/h1-12,19-21H/t19-,20-,21+/m1/s1. The molecule has 2 saturated heterocycles. The monoisotopic (exact) mass is 491 g/mol. The molecular weight excluding hydrogens is 477 g/mol. The first-order chi connectivity index (χ1) is 16.4. The van der Waals surface area contributed by atoms with Gasteiger partial charge in [-0.25, -0.2) is 4.90 Å². The van der Waals surface area contributed by atoms with E-state index in [9.17, 15) is 19.2 Å². The topological polar surface area (TPSA) is 80.8 Å². The SMILES string of the molecule is O=C1[C@H]2[C@H](c3ccccc3)OC3(C(=O)c4ccccc4C3=O)[C@H]2C(=O)N1c1ccc(Cl)c(Cl)c1. The summed E-state index contributed by atoms with van der Waals surface area (Å²) in [5.41, 5.74) is -0.910. The van der Waals surface area contributed by atoms with Crippen molar-refractivity contribution in [1.29, 1.82) is 0 Å². The molecule has 1 spiro atoms. The molecule has 0 N–H and O–H groups in total. The number of halogens is 2. The number of hydrogen-bond donors (Lipinski definition) is 0. The number of imide groups is 1. The minimum atomic E-state index is -2.10. The number of fused-ring (bicyclic) bond motifs is 3. The first kappa shape index (κ1) is 21.2. The van der Waals surface area contributed by atoms with Gasteiger partial charge in [0.2, 0.25) is 29.0 Å². The number of hydrogen-bond acceptors (Lipinski definition) is 5. The van der Waals surface area contributed by atoms with Gasteiger partial charge in [-0.3, -0.25) is 19.2 Å². The molecule has 1 aliphatic carbocycles. The Morgan fingerprint density at radius 2 is 1.35 bits per heavy atom. The van der Waals surface area contributed by atoms with Gasteiger partial charge >= 0.3 is 0 Å². The van der Waals surface area contributed by atoms with Crippen molar-refractivity contribution < 1.29 is 23.9 Å². The lowest BCUT2D eigenvalue weighted by molar-refractivity contribution is -0.127. The van der Waals surface area contributed by atoms with Gasteiger partial charge in [-0.15, -0.1) is 0 Å². The van der Waals surface area contributed by atoms with Crippen molar-refractivity contribution in [1.82, 2.24) is 0 Å². The summed E-state index contributed by atoms with van der Waals surface area (Å²) in [6.45, 7) is 0. The van der Waals surface area contributed by atoms with Crippen molar-refractivity contribution in [3.8, 4) is 0 Å². The zero-order valence-corrected chi connectivity index (χ0v) is 18.9. The van der Waals surface area contributed by atoms with Crippen LogP contribution in [-0.4, -0.2) is 29.0 Å². The number of amides is 2. The number of anilines is 1. The second kappa shape index (κ2) is 7.34. The number of Topliss-reactive ketones (excluding diaryl/α,β-unsaturated/α-hetero) is 2. The summed E-state index contributed by atoms with van der Waals surface area (Å²) in [4.78, 5) is 55.9. The molecule has 3 atom stereocenters. The number of carbonyl (C=O) groups is 4. The van der Waals surface area contributed by atoms with E-state index < -0.39 is 46.9 Å². The smallest absolute Gasteiger partial charge is 0.241 e. The van der Waals surface area contributed by atoms with Crippen molar-refractivity contribution in [2.24, 2.45) is 11.8 Å². The van der Waals surface area contributed by atoms with E-state index in [0.717, 1.165) is 4.90 Å². The van der Waals surface area contributed by atoms with E-state index in [2.05, 4.69) is 0 Å². The summed E-state index contributed by atoms with van der Waals surface area (Å²) in [7, 11) is 0. The third kappa shape index (κ3) is 2.61. The molecule has 0 saturated carbocycles. The lowest BCUT2D eigenvalue weighted by atomic mass is 9.77. The molecule has 3 aromatic carbocycles. The van der Waals surface area contributed by atoms with Crippen LogP contribution in [0.3, 0.4) is 0 Å². The molecule has 0 bridgehead atoms. The van der Waals surface area contributed by atoms with Gasteiger partial charge in [0.1, 0.15) is 0 Å². The fourth-order valence-electron chi connectivity index (χ4n) is 5.34. The van der Waals surface area contributed by atoms with Crippen LogP contribution in [0.5, 0.6) is 0 Å². The largest absolute Gasteiger partial charge is 0.349 e. The van der Waals surface area contributed by atoms with Crippen LogP contribution >= 0.6 is 23.2 Å². The molecule has 168 valence electrons. The number of ketones is 2. The van der Waals surface area contributed by atoms with E-state index in [4.69, 9.17) is 27.9 Å². The summed E-state index contributed by atoms with van der Waals surface area (Å²) in [5.74, 6) is -4.81. The van der Waals surface area contributed by atoms with Crippen molar-refractivity contribution >= 4 is 52.3 Å². The predicted molar refractivity (Wildman–Crippen MR) is 124 cm³/mol. The molecule has 2 amide bonds. The summed E-state index contributed by atoms with van der Waals surface area (Å²) < 4.78 is 6.22. The van der Waals surface area contributed by atoms with Gasteiger partial charge in [0.05, 0.1) is 33.7 Å². The zero-order valence-electron chi connectivity index (χ0n) is 17.4. The fraction of sp³-hybridized carbons (Fsp3) is 0.154. The van der Waals surface area contributed by atoms with E-state index >= 15 is 0 Å². The van der Waals surface area contributed by atoms with Gasteiger partial charge in [0.15, 0.2) is 0 Å². The molecule has 3 aliphatic rings. The van der Waals surface area contributed by atoms with E-state index in [1.165, 1.54) is 30.3 Å². The first-order valence-electron chi connectivity index (χ1n) is 10.6. The van der Waals surface area contributed by atoms with Crippen molar-refractivity contribution in [3.05, 3.63) is 99.5 Å². The number of nitrogens with zero attached hydrogens (tertiary/aromatic N) is 1. The van der Waals surface area contributed by atoms with Crippen LogP contribution in [0, 0.1) is 11.8 Å². The Balaban J connectivity index is 1.55. The van der Waals surface area contributed by atoms with Crippen molar-refractivity contribution in [3.63, 3.8) is 0 Å². The summed E-state index contributed by atoms with van der Waals surface area (Å²) >= 11 is 12.2. The number of carbonyl (C=O) groups excluding carboxylic acids is 4. The first-order valence-corrected chi connectivity index (χ1v) is 11.4. The molecule has 6 rings (SSSR count). The highest BCUT2D eigenvalue weighted by Gasteiger charge is 2.74. The average Bonchev–Trinajstić information content (AvgIpc) is 3.42. The molecule has 0 unspecified atom stereocenters. The Morgan fingerprint density at radius 3 is 1.97 bits per heavy atom. The number of benzene rings is 3. The van der Waals surface area contributed by atoms with Crippen LogP contribution in [0.1, 0.15) is 32.4 Å². The van der Waals surface area contributed by atoms with Crippen molar-refractivity contribution in [2.75, 3.05) is 4.90 Å². The third-order valence-electron chi connectivity index (χ3n) is 6.81. The normalized spacial score (nSPS) is 24.8. The van der Waals surface area contributed by atoms with Gasteiger partial charge in [0, 0.05) is 11.1 Å². The molecule has 6 nitrogen and oxygen atoms in total. The van der Waals surface area contributed by atoms with Gasteiger partial charge < -0.3 is 4.74 Å². The lowest BCUT2D eigenvalue weighted by Gasteiger charge is -2.27. The van der Waals surface area contributed by atoms with E-state index in [1.54, 1.807) is 42.5 Å². The van der Waals surface area contributed by atoms with Gasteiger partial charge in [0.25, 0.3) is 0 Å². The molecule has 0 radical (unpaired) electrons. The summed E-state index contributed by atoms with van der Waals surface area (Å²) in [6, 6.07) is 19.6. The highest BCUT2D eigenvalue weighted by Crippen LogP contribution is 2.57. The average molecular weight is 492 g/mol. The maximum Gasteiger partial charge on any atom is 0.241 e. The molecule has 0 aromatic heterocycles. The minimum Gasteiger partial charge on any atom is -0.349 e. The Kier molecular flexibility index (Phi) is 4.58. The maximum absolute atomic E-state index is 13.8. The second-order valence-electron chi connectivity index (χ2n) is 8.50. The van der Waals surface area contributed by atoms with E-state index in [-0.39, 0.29) is 26.9 Å². The van der Waals surface area contributed by atoms with Crippen LogP contribution in [0.2, 0.25) is 10.0 Å². The molecular formula is C26H15Cl2NO5. The van der Waals surface area contributed by atoms with E-state index in [0.29, 0.717) is 5.56 Å². The van der Waals surface area contributed by atoms with Crippen molar-refractivity contribution in [2.45, 2.75) is 11.7 Å².